The molecule has 2 heterocycles. The van der Waals surface area contributed by atoms with Gasteiger partial charge in [-0.3, -0.25) is 5.32 Å². The molecule has 0 saturated carbocycles. The molecular formula is C11H12N2O3. The van der Waals surface area contributed by atoms with Crippen LogP contribution >= 0.6 is 0 Å². The fourth-order valence-electron chi connectivity index (χ4n) is 2.39. The summed E-state index contributed by atoms with van der Waals surface area (Å²) in [7, 11) is 0. The summed E-state index contributed by atoms with van der Waals surface area (Å²) in [6.07, 6.45) is 0.305. The number of aromatic hydroxyl groups is 1. The van der Waals surface area contributed by atoms with Crippen LogP contribution in [0.3, 0.4) is 0 Å². The number of benzene rings is 1. The van der Waals surface area contributed by atoms with Gasteiger partial charge >= 0.3 is 6.09 Å². The van der Waals surface area contributed by atoms with Gasteiger partial charge in [-0.15, -0.1) is 0 Å². The molecule has 1 aromatic rings. The quantitative estimate of drug-likeness (QED) is 0.613. The maximum atomic E-state index is 11.5. The van der Waals surface area contributed by atoms with Crippen molar-refractivity contribution in [3.05, 3.63) is 23.8 Å². The normalized spacial score (nSPS) is 27.4. The van der Waals surface area contributed by atoms with Gasteiger partial charge in [0.15, 0.2) is 5.60 Å². The molecule has 5 nitrogen and oxygen atoms in total. The standard InChI is InChI=1S/C11H12N2O3/c14-7-1-2-8-9(5-7)13-10(15)16-11(8)3-4-12-6-11/h1-2,5,12,14H,3-4,6H2,(H,13,15). The Bertz CT molecular complexity index is 453. The van der Waals surface area contributed by atoms with Crippen LogP contribution in [-0.4, -0.2) is 24.3 Å². The van der Waals surface area contributed by atoms with Crippen LogP contribution in [-0.2, 0) is 10.3 Å². The summed E-state index contributed by atoms with van der Waals surface area (Å²) >= 11 is 0. The molecule has 1 saturated heterocycles. The summed E-state index contributed by atoms with van der Waals surface area (Å²) < 4.78 is 5.41. The first-order chi connectivity index (χ1) is 7.70. The van der Waals surface area contributed by atoms with Crippen LogP contribution < -0.4 is 10.6 Å². The highest BCUT2D eigenvalue weighted by molar-refractivity contribution is 5.89. The Morgan fingerprint density at radius 2 is 2.31 bits per heavy atom. The Morgan fingerprint density at radius 1 is 1.44 bits per heavy atom. The third kappa shape index (κ3) is 1.25. The second-order valence-electron chi connectivity index (χ2n) is 4.17. The first kappa shape index (κ1) is 9.47. The summed E-state index contributed by atoms with van der Waals surface area (Å²) in [6, 6.07) is 4.96. The van der Waals surface area contributed by atoms with Crippen molar-refractivity contribution in [3.63, 3.8) is 0 Å². The fourth-order valence-corrected chi connectivity index (χ4v) is 2.39. The summed E-state index contributed by atoms with van der Waals surface area (Å²) in [5, 5.41) is 15.2. The van der Waals surface area contributed by atoms with E-state index in [2.05, 4.69) is 10.6 Å². The van der Waals surface area contributed by atoms with Gasteiger partial charge in [0.1, 0.15) is 5.75 Å². The molecule has 2 aliphatic rings. The first-order valence-electron chi connectivity index (χ1n) is 5.24. The van der Waals surface area contributed by atoms with E-state index in [0.29, 0.717) is 12.2 Å². The Labute approximate surface area is 92.4 Å². The molecule has 0 bridgehead atoms. The number of phenolic OH excluding ortho intramolecular Hbond substituents is 1. The number of amides is 1. The first-order valence-corrected chi connectivity index (χ1v) is 5.24. The van der Waals surface area contributed by atoms with Gasteiger partial charge in [0.25, 0.3) is 0 Å². The lowest BCUT2D eigenvalue weighted by Gasteiger charge is -2.34. The molecule has 1 unspecified atom stereocenters. The second-order valence-corrected chi connectivity index (χ2v) is 4.17. The zero-order valence-corrected chi connectivity index (χ0v) is 8.62. The van der Waals surface area contributed by atoms with E-state index in [1.54, 1.807) is 18.2 Å². The molecule has 3 N–H and O–H groups in total. The summed E-state index contributed by atoms with van der Waals surface area (Å²) in [5.41, 5.74) is 1.00. The highest BCUT2D eigenvalue weighted by Crippen LogP contribution is 2.41. The van der Waals surface area contributed by atoms with E-state index >= 15 is 0 Å². The third-order valence-electron chi connectivity index (χ3n) is 3.13. The van der Waals surface area contributed by atoms with E-state index in [-0.39, 0.29) is 5.75 Å². The van der Waals surface area contributed by atoms with Gasteiger partial charge in [0.2, 0.25) is 0 Å². The van der Waals surface area contributed by atoms with Crippen molar-refractivity contribution in [2.75, 3.05) is 18.4 Å². The number of carbonyl (C=O) groups is 1. The third-order valence-corrected chi connectivity index (χ3v) is 3.13. The van der Waals surface area contributed by atoms with Gasteiger partial charge in [-0.25, -0.2) is 4.79 Å². The largest absolute Gasteiger partial charge is 0.508 e. The molecule has 1 atom stereocenters. The van der Waals surface area contributed by atoms with E-state index in [0.717, 1.165) is 18.5 Å². The van der Waals surface area contributed by atoms with Crippen molar-refractivity contribution < 1.29 is 14.6 Å². The predicted octanol–water partition coefficient (Wildman–Crippen LogP) is 1.14. The Morgan fingerprint density at radius 3 is 3.06 bits per heavy atom. The van der Waals surface area contributed by atoms with Crippen molar-refractivity contribution in [2.45, 2.75) is 12.0 Å². The molecule has 5 heteroatoms. The lowest BCUT2D eigenvalue weighted by atomic mass is 9.90. The molecule has 3 rings (SSSR count). The summed E-state index contributed by atoms with van der Waals surface area (Å²) in [6.45, 7) is 1.45. The lowest BCUT2D eigenvalue weighted by molar-refractivity contribution is 0.0277. The highest BCUT2D eigenvalue weighted by atomic mass is 16.6. The van der Waals surface area contributed by atoms with Gasteiger partial charge in [-0.2, -0.15) is 0 Å². The van der Waals surface area contributed by atoms with Gasteiger partial charge in [0, 0.05) is 24.6 Å². The molecule has 1 aromatic carbocycles. The topological polar surface area (TPSA) is 70.6 Å². The van der Waals surface area contributed by atoms with Crippen LogP contribution in [0.4, 0.5) is 10.5 Å². The average Bonchev–Trinajstić information content (AvgIpc) is 2.65. The number of rotatable bonds is 0. The van der Waals surface area contributed by atoms with Crippen LogP contribution in [0.2, 0.25) is 0 Å². The molecule has 0 radical (unpaired) electrons. The maximum absolute atomic E-state index is 11.5. The highest BCUT2D eigenvalue weighted by Gasteiger charge is 2.44. The minimum Gasteiger partial charge on any atom is -0.508 e. The molecular weight excluding hydrogens is 208 g/mol. The average molecular weight is 220 g/mol. The lowest BCUT2D eigenvalue weighted by Crippen LogP contribution is -2.41. The number of ether oxygens (including phenoxy) is 1. The van der Waals surface area contributed by atoms with Gasteiger partial charge < -0.3 is 15.2 Å². The molecule has 84 valence electrons. The van der Waals surface area contributed by atoms with Gasteiger partial charge in [-0.05, 0) is 18.7 Å². The monoisotopic (exact) mass is 220 g/mol. The van der Waals surface area contributed by atoms with Crippen LogP contribution in [0.1, 0.15) is 12.0 Å². The Kier molecular flexibility index (Phi) is 1.85. The molecule has 1 amide bonds. The molecule has 1 spiro atoms. The summed E-state index contributed by atoms with van der Waals surface area (Å²) in [4.78, 5) is 11.5. The number of hydrogen-bond acceptors (Lipinski definition) is 4. The Balaban J connectivity index is 2.14. The van der Waals surface area contributed by atoms with E-state index in [1.807, 2.05) is 0 Å². The zero-order valence-electron chi connectivity index (χ0n) is 8.62. The molecule has 16 heavy (non-hydrogen) atoms. The van der Waals surface area contributed by atoms with Gasteiger partial charge in [-0.1, -0.05) is 0 Å². The minimum absolute atomic E-state index is 0.141. The predicted molar refractivity (Wildman–Crippen MR) is 57.4 cm³/mol. The molecule has 2 aliphatic heterocycles. The second kappa shape index (κ2) is 3.12. The van der Waals surface area contributed by atoms with Crippen molar-refractivity contribution in [3.8, 4) is 5.75 Å². The molecule has 0 aliphatic carbocycles. The Hall–Kier alpha value is -1.75. The van der Waals surface area contributed by atoms with Crippen molar-refractivity contribution in [1.82, 2.24) is 5.32 Å². The number of nitrogens with one attached hydrogen (secondary N) is 2. The van der Waals surface area contributed by atoms with E-state index < -0.39 is 11.7 Å². The number of anilines is 1. The van der Waals surface area contributed by atoms with Crippen molar-refractivity contribution >= 4 is 11.8 Å². The number of carbonyl (C=O) groups excluding carboxylic acids is 1. The molecule has 0 aromatic heterocycles. The number of fused-ring (bicyclic) bond motifs is 2. The maximum Gasteiger partial charge on any atom is 0.412 e. The number of phenols is 1. The number of hydrogen-bond donors (Lipinski definition) is 3. The van der Waals surface area contributed by atoms with E-state index in [1.165, 1.54) is 0 Å². The van der Waals surface area contributed by atoms with Crippen molar-refractivity contribution in [2.24, 2.45) is 0 Å². The van der Waals surface area contributed by atoms with Crippen LogP contribution in [0.15, 0.2) is 18.2 Å². The smallest absolute Gasteiger partial charge is 0.412 e. The minimum atomic E-state index is -0.564. The fraction of sp³-hybridized carbons (Fsp3) is 0.364. The van der Waals surface area contributed by atoms with Crippen LogP contribution in [0, 0.1) is 0 Å². The van der Waals surface area contributed by atoms with Crippen molar-refractivity contribution in [1.29, 1.82) is 0 Å². The zero-order chi connectivity index (χ0) is 11.2. The van der Waals surface area contributed by atoms with Crippen LogP contribution in [0.5, 0.6) is 5.75 Å². The molecule has 1 fully saturated rings. The van der Waals surface area contributed by atoms with E-state index in [4.69, 9.17) is 4.74 Å². The summed E-state index contributed by atoms with van der Waals surface area (Å²) in [5.74, 6) is 0.141. The van der Waals surface area contributed by atoms with Crippen LogP contribution in [0.25, 0.3) is 0 Å². The SMILES string of the molecule is O=C1Nc2cc(O)ccc2C2(CCNC2)O1. The van der Waals surface area contributed by atoms with Gasteiger partial charge in [0.05, 0.1) is 5.69 Å². The van der Waals surface area contributed by atoms with E-state index in [9.17, 15) is 9.90 Å².